The van der Waals surface area contributed by atoms with Gasteiger partial charge in [0.25, 0.3) is 0 Å². The van der Waals surface area contributed by atoms with Crippen LogP contribution in [0.3, 0.4) is 0 Å². The monoisotopic (exact) mass is 494 g/mol. The maximum absolute atomic E-state index is 6.45. The Balaban J connectivity index is 1.74. The minimum Gasteiger partial charge on any atom is -0.341 e. The van der Waals surface area contributed by atoms with E-state index in [2.05, 4.69) is 58.1 Å². The second-order valence-corrected chi connectivity index (χ2v) is 10.3. The van der Waals surface area contributed by atoms with Crippen molar-refractivity contribution in [2.75, 3.05) is 11.4 Å². The number of halogens is 3. The van der Waals surface area contributed by atoms with Gasteiger partial charge in [-0.2, -0.15) is 0 Å². The van der Waals surface area contributed by atoms with Gasteiger partial charge in [0.05, 0.1) is 20.5 Å². The highest BCUT2D eigenvalue weighted by atomic mass is 79.9. The summed E-state index contributed by atoms with van der Waals surface area (Å²) < 4.78 is 0.996. The molecule has 1 atom stereocenters. The Kier molecular flexibility index (Phi) is 6.31. The predicted molar refractivity (Wildman–Crippen MR) is 125 cm³/mol. The van der Waals surface area contributed by atoms with E-state index in [-0.39, 0.29) is 0 Å². The Bertz CT molecular complexity index is 956. The molecule has 0 aliphatic heterocycles. The number of anilines is 1. The summed E-state index contributed by atoms with van der Waals surface area (Å²) >= 11 is 17.9. The molecule has 1 heterocycles. The molecule has 0 N–H and O–H groups in total. The lowest BCUT2D eigenvalue weighted by Gasteiger charge is -2.32. The second-order valence-electron chi connectivity index (χ2n) is 7.13. The fourth-order valence-electron chi connectivity index (χ4n) is 3.62. The van der Waals surface area contributed by atoms with Crippen LogP contribution >= 0.6 is 50.5 Å². The van der Waals surface area contributed by atoms with Gasteiger partial charge in [0.15, 0.2) is 5.13 Å². The Morgan fingerprint density at radius 1 is 1.18 bits per heavy atom. The molecule has 0 bridgehead atoms. The molecule has 0 radical (unpaired) electrons. The van der Waals surface area contributed by atoms with Gasteiger partial charge in [0.2, 0.25) is 0 Å². The third kappa shape index (κ3) is 4.25. The molecule has 0 spiro atoms. The Labute approximate surface area is 188 Å². The van der Waals surface area contributed by atoms with Crippen molar-refractivity contribution in [1.82, 2.24) is 4.98 Å². The summed E-state index contributed by atoms with van der Waals surface area (Å²) in [6, 6.07) is 16.8. The number of aromatic nitrogens is 1. The number of hydrogen-bond acceptors (Lipinski definition) is 3. The number of thiazole rings is 1. The number of hydrogen-bond donors (Lipinski definition) is 0. The summed E-state index contributed by atoms with van der Waals surface area (Å²) in [6.07, 6.45) is 3.63. The SMILES string of the molecule is CCCN(c1nc(-c2ccc(Cl)cc2Cl)c(Br)s1)C(c1ccccc1)C1CC1. The van der Waals surface area contributed by atoms with Crippen molar-refractivity contribution >= 4 is 55.6 Å². The highest BCUT2D eigenvalue weighted by Crippen LogP contribution is 2.48. The van der Waals surface area contributed by atoms with Crippen molar-refractivity contribution in [3.8, 4) is 11.3 Å². The molecule has 0 amide bonds. The van der Waals surface area contributed by atoms with E-state index in [1.807, 2.05) is 12.1 Å². The van der Waals surface area contributed by atoms with Crippen LogP contribution in [-0.4, -0.2) is 11.5 Å². The van der Waals surface area contributed by atoms with Gasteiger partial charge in [-0.25, -0.2) is 4.98 Å². The Morgan fingerprint density at radius 2 is 1.93 bits per heavy atom. The maximum Gasteiger partial charge on any atom is 0.187 e. The van der Waals surface area contributed by atoms with Crippen LogP contribution < -0.4 is 4.90 Å². The lowest BCUT2D eigenvalue weighted by molar-refractivity contribution is 0.552. The first-order chi connectivity index (χ1) is 13.6. The molecule has 28 heavy (non-hydrogen) atoms. The Morgan fingerprint density at radius 3 is 2.57 bits per heavy atom. The van der Waals surface area contributed by atoms with Gasteiger partial charge in [-0.15, -0.1) is 0 Å². The fraction of sp³-hybridized carbons (Fsp3) is 0.318. The minimum atomic E-state index is 0.368. The zero-order valence-corrected chi connectivity index (χ0v) is 19.5. The van der Waals surface area contributed by atoms with Crippen molar-refractivity contribution in [3.63, 3.8) is 0 Å². The van der Waals surface area contributed by atoms with Crippen LogP contribution in [-0.2, 0) is 0 Å². The molecule has 1 aromatic heterocycles. The summed E-state index contributed by atoms with van der Waals surface area (Å²) in [5.41, 5.74) is 3.15. The van der Waals surface area contributed by atoms with E-state index < -0.39 is 0 Å². The zero-order chi connectivity index (χ0) is 19.7. The number of nitrogens with zero attached hydrogens (tertiary/aromatic N) is 2. The minimum absolute atomic E-state index is 0.368. The van der Waals surface area contributed by atoms with Crippen LogP contribution in [0.15, 0.2) is 52.3 Å². The number of rotatable bonds is 7. The summed E-state index contributed by atoms with van der Waals surface area (Å²) in [7, 11) is 0. The summed E-state index contributed by atoms with van der Waals surface area (Å²) in [5.74, 6) is 0.694. The molecule has 2 nitrogen and oxygen atoms in total. The van der Waals surface area contributed by atoms with Crippen LogP contribution in [0.5, 0.6) is 0 Å². The Hall–Kier alpha value is -1.07. The van der Waals surface area contributed by atoms with Gasteiger partial charge in [-0.1, -0.05) is 71.8 Å². The predicted octanol–water partition coefficient (Wildman–Crippen LogP) is 8.25. The normalized spacial score (nSPS) is 14.9. The molecule has 2 aromatic carbocycles. The van der Waals surface area contributed by atoms with E-state index in [1.165, 1.54) is 18.4 Å². The number of benzene rings is 2. The molecule has 1 aliphatic rings. The fourth-order valence-corrected chi connectivity index (χ4v) is 5.73. The zero-order valence-electron chi connectivity index (χ0n) is 15.5. The largest absolute Gasteiger partial charge is 0.341 e. The summed E-state index contributed by atoms with van der Waals surface area (Å²) in [6.45, 7) is 3.20. The molecule has 4 rings (SSSR count). The van der Waals surface area contributed by atoms with Crippen LogP contribution in [0.4, 0.5) is 5.13 Å². The van der Waals surface area contributed by atoms with E-state index >= 15 is 0 Å². The average Bonchev–Trinajstić information content (AvgIpc) is 3.44. The van der Waals surface area contributed by atoms with Crippen molar-refractivity contribution < 1.29 is 0 Å². The molecule has 146 valence electrons. The van der Waals surface area contributed by atoms with Gasteiger partial charge in [0.1, 0.15) is 0 Å². The lowest BCUT2D eigenvalue weighted by atomic mass is 10.0. The smallest absolute Gasteiger partial charge is 0.187 e. The summed E-state index contributed by atoms with van der Waals surface area (Å²) in [5, 5.41) is 2.29. The first-order valence-electron chi connectivity index (χ1n) is 9.51. The molecular weight excluding hydrogens is 475 g/mol. The van der Waals surface area contributed by atoms with E-state index in [1.54, 1.807) is 17.4 Å². The first-order valence-corrected chi connectivity index (χ1v) is 11.9. The highest BCUT2D eigenvalue weighted by molar-refractivity contribution is 9.11. The van der Waals surface area contributed by atoms with Gasteiger partial charge in [-0.3, -0.25) is 0 Å². The molecule has 1 saturated carbocycles. The van der Waals surface area contributed by atoms with Crippen LogP contribution in [0, 0.1) is 5.92 Å². The third-order valence-corrected chi connectivity index (χ3v) is 7.31. The molecule has 0 saturated heterocycles. The summed E-state index contributed by atoms with van der Waals surface area (Å²) in [4.78, 5) is 7.50. The van der Waals surface area contributed by atoms with Crippen molar-refractivity contribution in [2.45, 2.75) is 32.2 Å². The topological polar surface area (TPSA) is 16.1 Å². The van der Waals surface area contributed by atoms with Gasteiger partial charge >= 0.3 is 0 Å². The van der Waals surface area contributed by atoms with Crippen molar-refractivity contribution in [3.05, 3.63) is 67.9 Å². The van der Waals surface area contributed by atoms with Crippen molar-refractivity contribution in [1.29, 1.82) is 0 Å². The highest BCUT2D eigenvalue weighted by Gasteiger charge is 2.37. The first kappa shape index (κ1) is 20.2. The van der Waals surface area contributed by atoms with Gasteiger partial charge in [-0.05, 0) is 64.9 Å². The van der Waals surface area contributed by atoms with E-state index in [4.69, 9.17) is 28.2 Å². The van der Waals surface area contributed by atoms with Crippen molar-refractivity contribution in [2.24, 2.45) is 5.92 Å². The molecule has 3 aromatic rings. The lowest BCUT2D eigenvalue weighted by Crippen LogP contribution is -2.31. The standard InChI is InChI=1S/C22H21BrCl2N2S/c1-2-12-27(20(15-8-9-15)14-6-4-3-5-7-14)22-26-19(21(23)28-22)17-11-10-16(24)13-18(17)25/h3-7,10-11,13,15,20H,2,8-9,12H2,1H3. The van der Waals surface area contributed by atoms with Crippen LogP contribution in [0.1, 0.15) is 37.8 Å². The van der Waals surface area contributed by atoms with Crippen LogP contribution in [0.2, 0.25) is 10.0 Å². The maximum atomic E-state index is 6.45. The molecule has 1 aliphatic carbocycles. The van der Waals surface area contributed by atoms with E-state index in [0.717, 1.165) is 33.1 Å². The van der Waals surface area contributed by atoms with Gasteiger partial charge < -0.3 is 4.90 Å². The van der Waals surface area contributed by atoms with Gasteiger partial charge in [0, 0.05) is 17.1 Å². The van der Waals surface area contributed by atoms with E-state index in [0.29, 0.717) is 22.0 Å². The molecule has 1 fully saturated rings. The third-order valence-electron chi connectivity index (χ3n) is 5.02. The average molecular weight is 496 g/mol. The molecular formula is C22H21BrCl2N2S. The molecule has 1 unspecified atom stereocenters. The van der Waals surface area contributed by atoms with E-state index in [9.17, 15) is 0 Å². The quantitative estimate of drug-likeness (QED) is 0.328. The molecule has 6 heteroatoms. The van der Waals surface area contributed by atoms with Crippen LogP contribution in [0.25, 0.3) is 11.3 Å². The second kappa shape index (κ2) is 8.74.